The van der Waals surface area contributed by atoms with Crippen LogP contribution in [0.2, 0.25) is 0 Å². The van der Waals surface area contributed by atoms with Gasteiger partial charge in [-0.15, -0.1) is 11.8 Å². The van der Waals surface area contributed by atoms with E-state index in [2.05, 4.69) is 5.32 Å². The fourth-order valence-corrected chi connectivity index (χ4v) is 3.57. The smallest absolute Gasteiger partial charge is 0.224 e. The summed E-state index contributed by atoms with van der Waals surface area (Å²) < 4.78 is 12.8. The Balaban J connectivity index is 1.83. The summed E-state index contributed by atoms with van der Waals surface area (Å²) >= 11 is 1.57. The summed E-state index contributed by atoms with van der Waals surface area (Å²) in [7, 11) is 0. The van der Waals surface area contributed by atoms with Gasteiger partial charge >= 0.3 is 0 Å². The maximum absolute atomic E-state index is 12.8. The standard InChI is InChI=1S/C16H23FN2OS/c1-12(10-21-14-6-4-13(17)5-7-14)15(20)19-16(11-18)8-2-3-9-16/h4-7,12H,2-3,8-11,18H2,1H3,(H,19,20). The van der Waals surface area contributed by atoms with E-state index in [1.807, 2.05) is 6.92 Å². The van der Waals surface area contributed by atoms with Gasteiger partial charge in [-0.25, -0.2) is 4.39 Å². The molecule has 0 radical (unpaired) electrons. The first kappa shape index (κ1) is 16.3. The summed E-state index contributed by atoms with van der Waals surface area (Å²) in [6.07, 6.45) is 4.23. The van der Waals surface area contributed by atoms with Crippen LogP contribution in [0, 0.1) is 11.7 Å². The van der Waals surface area contributed by atoms with Crippen LogP contribution in [-0.2, 0) is 4.79 Å². The Morgan fingerprint density at radius 1 is 1.38 bits per heavy atom. The van der Waals surface area contributed by atoms with Gasteiger partial charge < -0.3 is 11.1 Å². The van der Waals surface area contributed by atoms with Crippen molar-refractivity contribution >= 4 is 17.7 Å². The van der Waals surface area contributed by atoms with E-state index in [0.29, 0.717) is 12.3 Å². The number of amides is 1. The molecule has 1 unspecified atom stereocenters. The minimum absolute atomic E-state index is 0.0666. The third-order valence-electron chi connectivity index (χ3n) is 4.10. The summed E-state index contributed by atoms with van der Waals surface area (Å²) in [5, 5.41) is 3.15. The third kappa shape index (κ3) is 4.45. The zero-order chi connectivity index (χ0) is 15.3. The fourth-order valence-electron chi connectivity index (χ4n) is 2.64. The van der Waals surface area contributed by atoms with E-state index in [-0.39, 0.29) is 23.2 Å². The molecule has 1 aliphatic carbocycles. The van der Waals surface area contributed by atoms with Crippen molar-refractivity contribution in [2.45, 2.75) is 43.0 Å². The van der Waals surface area contributed by atoms with Crippen molar-refractivity contribution in [3.05, 3.63) is 30.1 Å². The Bertz CT molecular complexity index is 472. The van der Waals surface area contributed by atoms with Gasteiger partial charge in [0, 0.05) is 23.1 Å². The number of benzene rings is 1. The molecule has 1 aromatic carbocycles. The molecular formula is C16H23FN2OS. The molecule has 3 nitrogen and oxygen atoms in total. The van der Waals surface area contributed by atoms with Gasteiger partial charge in [0.15, 0.2) is 0 Å². The molecule has 1 aromatic rings. The molecule has 1 atom stereocenters. The molecule has 5 heteroatoms. The maximum Gasteiger partial charge on any atom is 0.224 e. The quantitative estimate of drug-likeness (QED) is 0.794. The van der Waals surface area contributed by atoms with Crippen LogP contribution >= 0.6 is 11.8 Å². The van der Waals surface area contributed by atoms with E-state index >= 15 is 0 Å². The number of hydrogen-bond donors (Lipinski definition) is 2. The lowest BCUT2D eigenvalue weighted by Crippen LogP contribution is -2.53. The van der Waals surface area contributed by atoms with Crippen LogP contribution in [0.25, 0.3) is 0 Å². The summed E-state index contributed by atoms with van der Waals surface area (Å²) in [4.78, 5) is 13.3. The topological polar surface area (TPSA) is 55.1 Å². The van der Waals surface area contributed by atoms with Crippen molar-refractivity contribution in [2.24, 2.45) is 11.7 Å². The normalized spacial score (nSPS) is 18.4. The van der Waals surface area contributed by atoms with Crippen LogP contribution in [0.15, 0.2) is 29.2 Å². The first-order valence-corrected chi connectivity index (χ1v) is 8.44. The fraction of sp³-hybridized carbons (Fsp3) is 0.562. The van der Waals surface area contributed by atoms with Gasteiger partial charge in [-0.05, 0) is 37.1 Å². The lowest BCUT2D eigenvalue weighted by atomic mass is 9.97. The molecule has 1 aliphatic rings. The summed E-state index contributed by atoms with van der Waals surface area (Å²) in [5.41, 5.74) is 5.65. The summed E-state index contributed by atoms with van der Waals surface area (Å²) in [6, 6.07) is 6.36. The van der Waals surface area contributed by atoms with Crippen molar-refractivity contribution in [1.82, 2.24) is 5.32 Å². The SMILES string of the molecule is CC(CSc1ccc(F)cc1)C(=O)NC1(CN)CCCC1. The molecule has 116 valence electrons. The molecule has 0 heterocycles. The largest absolute Gasteiger partial charge is 0.349 e. The maximum atomic E-state index is 12.8. The van der Waals surface area contributed by atoms with E-state index in [1.165, 1.54) is 12.1 Å². The highest BCUT2D eigenvalue weighted by Gasteiger charge is 2.34. The zero-order valence-electron chi connectivity index (χ0n) is 12.4. The van der Waals surface area contributed by atoms with Gasteiger partial charge in [0.1, 0.15) is 5.82 Å². The van der Waals surface area contributed by atoms with Gasteiger partial charge in [0.25, 0.3) is 0 Å². The zero-order valence-corrected chi connectivity index (χ0v) is 13.2. The number of rotatable bonds is 6. The van der Waals surface area contributed by atoms with Crippen LogP contribution in [0.5, 0.6) is 0 Å². The number of hydrogen-bond acceptors (Lipinski definition) is 3. The molecule has 2 rings (SSSR count). The molecule has 0 saturated heterocycles. The van der Waals surface area contributed by atoms with Crippen molar-refractivity contribution < 1.29 is 9.18 Å². The highest BCUT2D eigenvalue weighted by Crippen LogP contribution is 2.29. The minimum Gasteiger partial charge on any atom is -0.349 e. The van der Waals surface area contributed by atoms with Gasteiger partial charge in [-0.1, -0.05) is 19.8 Å². The second-order valence-corrected chi connectivity index (χ2v) is 6.94. The van der Waals surface area contributed by atoms with E-state index in [9.17, 15) is 9.18 Å². The highest BCUT2D eigenvalue weighted by molar-refractivity contribution is 7.99. The van der Waals surface area contributed by atoms with Crippen molar-refractivity contribution in [1.29, 1.82) is 0 Å². The third-order valence-corrected chi connectivity index (χ3v) is 5.37. The molecule has 0 aromatic heterocycles. The molecule has 0 aliphatic heterocycles. The van der Waals surface area contributed by atoms with Crippen LogP contribution in [0.4, 0.5) is 4.39 Å². The second-order valence-electron chi connectivity index (χ2n) is 5.85. The van der Waals surface area contributed by atoms with Crippen molar-refractivity contribution in [2.75, 3.05) is 12.3 Å². The van der Waals surface area contributed by atoms with Crippen LogP contribution in [0.3, 0.4) is 0 Å². The van der Waals surface area contributed by atoms with Gasteiger partial charge in [0.2, 0.25) is 5.91 Å². The monoisotopic (exact) mass is 310 g/mol. The highest BCUT2D eigenvalue weighted by atomic mass is 32.2. The van der Waals surface area contributed by atoms with Crippen LogP contribution in [0.1, 0.15) is 32.6 Å². The number of nitrogens with two attached hydrogens (primary N) is 1. The molecule has 1 amide bonds. The van der Waals surface area contributed by atoms with Crippen molar-refractivity contribution in [3.8, 4) is 0 Å². The number of thioether (sulfide) groups is 1. The molecule has 1 saturated carbocycles. The average Bonchev–Trinajstić information content (AvgIpc) is 2.95. The number of carbonyl (C=O) groups is 1. The second kappa shape index (κ2) is 7.27. The first-order chi connectivity index (χ1) is 10.0. The van der Waals surface area contributed by atoms with E-state index in [4.69, 9.17) is 5.73 Å². The van der Waals surface area contributed by atoms with Gasteiger partial charge in [-0.2, -0.15) is 0 Å². The van der Waals surface area contributed by atoms with Crippen molar-refractivity contribution in [3.63, 3.8) is 0 Å². The molecule has 0 bridgehead atoms. The van der Waals surface area contributed by atoms with Gasteiger partial charge in [0.05, 0.1) is 5.54 Å². The first-order valence-electron chi connectivity index (χ1n) is 7.45. The number of halogens is 1. The Morgan fingerprint density at radius 3 is 2.57 bits per heavy atom. The Hall–Kier alpha value is -1.07. The molecule has 0 spiro atoms. The Labute approximate surface area is 129 Å². The van der Waals surface area contributed by atoms with Gasteiger partial charge in [-0.3, -0.25) is 4.79 Å². The van der Waals surface area contributed by atoms with Crippen LogP contribution < -0.4 is 11.1 Å². The number of nitrogens with one attached hydrogen (secondary N) is 1. The molecule has 1 fully saturated rings. The van der Waals surface area contributed by atoms with Crippen LogP contribution in [-0.4, -0.2) is 23.7 Å². The molecular weight excluding hydrogens is 287 g/mol. The van der Waals surface area contributed by atoms with E-state index < -0.39 is 0 Å². The Kier molecular flexibility index (Phi) is 5.65. The average molecular weight is 310 g/mol. The lowest BCUT2D eigenvalue weighted by molar-refractivity contribution is -0.125. The Morgan fingerprint density at radius 2 is 2.00 bits per heavy atom. The molecule has 3 N–H and O–H groups in total. The minimum atomic E-state index is -0.240. The predicted octanol–water partition coefficient (Wildman–Crippen LogP) is 2.94. The number of carbonyl (C=O) groups excluding carboxylic acids is 1. The molecule has 21 heavy (non-hydrogen) atoms. The lowest BCUT2D eigenvalue weighted by Gasteiger charge is -2.30. The predicted molar refractivity (Wildman–Crippen MR) is 84.7 cm³/mol. The summed E-state index contributed by atoms with van der Waals surface area (Å²) in [5.74, 6) is 0.412. The van der Waals surface area contributed by atoms with E-state index in [0.717, 1.165) is 30.6 Å². The summed E-state index contributed by atoms with van der Waals surface area (Å²) in [6.45, 7) is 2.43. The van der Waals surface area contributed by atoms with E-state index in [1.54, 1.807) is 23.9 Å².